The molecule has 0 bridgehead atoms. The second-order valence-corrected chi connectivity index (χ2v) is 5.00. The maximum Gasteiger partial charge on any atom is 0.239 e. The van der Waals surface area contributed by atoms with Crippen molar-refractivity contribution in [1.82, 2.24) is 10.2 Å². The minimum Gasteiger partial charge on any atom is -0.341 e. The van der Waals surface area contributed by atoms with E-state index in [1.807, 2.05) is 4.90 Å². The first-order valence-electron chi connectivity index (χ1n) is 6.97. The molecule has 0 aromatic heterocycles. The highest BCUT2D eigenvalue weighted by atomic mass is 19.1. The van der Waals surface area contributed by atoms with Crippen LogP contribution in [0.1, 0.15) is 25.3 Å². The van der Waals surface area contributed by atoms with Crippen LogP contribution < -0.4 is 5.32 Å². The number of amides is 1. The van der Waals surface area contributed by atoms with Gasteiger partial charge < -0.3 is 10.2 Å². The molecule has 2 rings (SSSR count). The van der Waals surface area contributed by atoms with E-state index in [4.69, 9.17) is 0 Å². The molecule has 1 aromatic carbocycles. The number of rotatable bonds is 6. The molecule has 1 atom stereocenters. The third kappa shape index (κ3) is 3.77. The van der Waals surface area contributed by atoms with Crippen LogP contribution in [0.25, 0.3) is 0 Å². The maximum absolute atomic E-state index is 12.8. The zero-order valence-corrected chi connectivity index (χ0v) is 11.4. The van der Waals surface area contributed by atoms with Gasteiger partial charge in [-0.15, -0.1) is 0 Å². The number of benzene rings is 1. The van der Waals surface area contributed by atoms with Gasteiger partial charge in [-0.25, -0.2) is 4.39 Å². The highest BCUT2D eigenvalue weighted by Gasteiger charge is 2.30. The molecular weight excluding hydrogens is 243 g/mol. The minimum atomic E-state index is -0.218. The van der Waals surface area contributed by atoms with Gasteiger partial charge in [-0.3, -0.25) is 4.79 Å². The van der Waals surface area contributed by atoms with Crippen LogP contribution in [-0.4, -0.2) is 36.5 Å². The number of hydrogen-bond acceptors (Lipinski definition) is 2. The van der Waals surface area contributed by atoms with Crippen molar-refractivity contribution in [3.63, 3.8) is 0 Å². The van der Waals surface area contributed by atoms with Crippen LogP contribution in [0.3, 0.4) is 0 Å². The van der Waals surface area contributed by atoms with Crippen molar-refractivity contribution in [1.29, 1.82) is 0 Å². The van der Waals surface area contributed by atoms with Gasteiger partial charge in [0.25, 0.3) is 0 Å². The summed E-state index contributed by atoms with van der Waals surface area (Å²) in [4.78, 5) is 14.0. The van der Waals surface area contributed by atoms with Gasteiger partial charge in [-0.05, 0) is 43.5 Å². The molecule has 1 aliphatic heterocycles. The predicted octanol–water partition coefficient (Wildman–Crippen LogP) is 1.97. The van der Waals surface area contributed by atoms with Crippen molar-refractivity contribution in [2.45, 2.75) is 32.2 Å². The number of carbonyl (C=O) groups excluding carboxylic acids is 1. The molecule has 19 heavy (non-hydrogen) atoms. The number of nitrogens with zero attached hydrogens (tertiary/aromatic N) is 1. The molecule has 0 spiro atoms. The van der Waals surface area contributed by atoms with Crippen LogP contribution in [0.4, 0.5) is 4.39 Å². The molecule has 1 aliphatic rings. The first-order valence-corrected chi connectivity index (χ1v) is 6.97. The highest BCUT2D eigenvalue weighted by Crippen LogP contribution is 2.12. The number of carbonyl (C=O) groups is 1. The monoisotopic (exact) mass is 264 g/mol. The lowest BCUT2D eigenvalue weighted by molar-refractivity contribution is -0.129. The van der Waals surface area contributed by atoms with Gasteiger partial charge in [-0.1, -0.05) is 19.1 Å². The van der Waals surface area contributed by atoms with Crippen LogP contribution in [0, 0.1) is 5.82 Å². The zero-order valence-electron chi connectivity index (χ0n) is 11.4. The molecule has 1 aromatic rings. The van der Waals surface area contributed by atoms with E-state index in [1.165, 1.54) is 12.1 Å². The molecule has 3 nitrogen and oxygen atoms in total. The topological polar surface area (TPSA) is 32.3 Å². The van der Waals surface area contributed by atoms with E-state index in [-0.39, 0.29) is 17.8 Å². The average molecular weight is 264 g/mol. The van der Waals surface area contributed by atoms with Crippen LogP contribution in [0.15, 0.2) is 24.3 Å². The molecule has 104 valence electrons. The summed E-state index contributed by atoms with van der Waals surface area (Å²) in [6.45, 7) is 4.52. The molecule has 1 heterocycles. The molecule has 0 aliphatic carbocycles. The van der Waals surface area contributed by atoms with E-state index in [0.29, 0.717) is 0 Å². The van der Waals surface area contributed by atoms with Gasteiger partial charge in [0.1, 0.15) is 5.82 Å². The molecule has 0 radical (unpaired) electrons. The summed E-state index contributed by atoms with van der Waals surface area (Å²) in [5, 5.41) is 3.28. The summed E-state index contributed by atoms with van der Waals surface area (Å²) in [6.07, 6.45) is 2.72. The summed E-state index contributed by atoms with van der Waals surface area (Å²) in [5.41, 5.74) is 1.07. The molecule has 1 saturated heterocycles. The summed E-state index contributed by atoms with van der Waals surface area (Å²) in [6, 6.07) is 6.48. The molecule has 1 N–H and O–H groups in total. The van der Waals surface area contributed by atoms with Crippen molar-refractivity contribution < 1.29 is 9.18 Å². The quantitative estimate of drug-likeness (QED) is 0.852. The molecule has 1 unspecified atom stereocenters. The molecule has 1 amide bonds. The third-order valence-corrected chi connectivity index (χ3v) is 3.52. The number of halogens is 1. The van der Waals surface area contributed by atoms with Gasteiger partial charge in [0.2, 0.25) is 5.91 Å². The van der Waals surface area contributed by atoms with Crippen LogP contribution in [0.5, 0.6) is 0 Å². The number of likely N-dealkylation sites (tertiary alicyclic amines) is 1. The summed E-state index contributed by atoms with van der Waals surface area (Å²) < 4.78 is 12.8. The summed E-state index contributed by atoms with van der Waals surface area (Å²) in [5.74, 6) is -0.0135. The van der Waals surface area contributed by atoms with Crippen molar-refractivity contribution in [3.8, 4) is 0 Å². The minimum absolute atomic E-state index is 0.00633. The molecular formula is C15H21FN2O. The van der Waals surface area contributed by atoms with E-state index in [2.05, 4.69) is 12.2 Å². The van der Waals surface area contributed by atoms with E-state index in [9.17, 15) is 9.18 Å². The van der Waals surface area contributed by atoms with Crippen molar-refractivity contribution >= 4 is 5.91 Å². The second kappa shape index (κ2) is 6.66. The van der Waals surface area contributed by atoms with Crippen molar-refractivity contribution in [2.75, 3.05) is 19.6 Å². The average Bonchev–Trinajstić information content (AvgIpc) is 2.77. The van der Waals surface area contributed by atoms with Crippen LogP contribution in [0.2, 0.25) is 0 Å². The zero-order chi connectivity index (χ0) is 13.7. The largest absolute Gasteiger partial charge is 0.341 e. The van der Waals surface area contributed by atoms with Gasteiger partial charge >= 0.3 is 0 Å². The summed E-state index contributed by atoms with van der Waals surface area (Å²) >= 11 is 0. The van der Waals surface area contributed by atoms with Gasteiger partial charge in [-0.2, -0.15) is 0 Å². The predicted molar refractivity (Wildman–Crippen MR) is 73.4 cm³/mol. The van der Waals surface area contributed by atoms with Gasteiger partial charge in [0, 0.05) is 13.1 Å². The Morgan fingerprint density at radius 3 is 2.79 bits per heavy atom. The standard InChI is InChI=1S/C15H21FN2O/c1-2-9-17-14-8-11-18(15(14)19)10-7-12-3-5-13(16)6-4-12/h3-6,14,17H,2,7-11H2,1H3. The Bertz CT molecular complexity index is 419. The smallest absolute Gasteiger partial charge is 0.239 e. The SMILES string of the molecule is CCCNC1CCN(CCc2ccc(F)cc2)C1=O. The molecule has 0 saturated carbocycles. The summed E-state index contributed by atoms with van der Waals surface area (Å²) in [7, 11) is 0. The third-order valence-electron chi connectivity index (χ3n) is 3.52. The van der Waals surface area contributed by atoms with Gasteiger partial charge in [0.15, 0.2) is 0 Å². The van der Waals surface area contributed by atoms with Crippen molar-refractivity contribution in [2.24, 2.45) is 0 Å². The van der Waals surface area contributed by atoms with E-state index < -0.39 is 0 Å². The fourth-order valence-electron chi connectivity index (χ4n) is 2.38. The number of hydrogen-bond donors (Lipinski definition) is 1. The molecule has 1 fully saturated rings. The van der Waals surface area contributed by atoms with Crippen LogP contribution >= 0.6 is 0 Å². The maximum atomic E-state index is 12.8. The second-order valence-electron chi connectivity index (χ2n) is 5.00. The molecule has 4 heteroatoms. The Balaban J connectivity index is 1.80. The van der Waals surface area contributed by atoms with E-state index in [1.54, 1.807) is 12.1 Å². The normalized spacial score (nSPS) is 19.2. The first-order chi connectivity index (χ1) is 9.20. The fourth-order valence-corrected chi connectivity index (χ4v) is 2.38. The lowest BCUT2D eigenvalue weighted by atomic mass is 10.1. The first kappa shape index (κ1) is 14.0. The lowest BCUT2D eigenvalue weighted by Gasteiger charge is -2.17. The fraction of sp³-hybridized carbons (Fsp3) is 0.533. The van der Waals surface area contributed by atoms with E-state index in [0.717, 1.165) is 44.5 Å². The number of nitrogens with one attached hydrogen (secondary N) is 1. The van der Waals surface area contributed by atoms with Crippen LogP contribution in [-0.2, 0) is 11.2 Å². The Kier molecular flexibility index (Phi) is 4.91. The Hall–Kier alpha value is -1.42. The van der Waals surface area contributed by atoms with Gasteiger partial charge in [0.05, 0.1) is 6.04 Å². The Labute approximate surface area is 113 Å². The highest BCUT2D eigenvalue weighted by molar-refractivity contribution is 5.83. The van der Waals surface area contributed by atoms with E-state index >= 15 is 0 Å². The lowest BCUT2D eigenvalue weighted by Crippen LogP contribution is -2.39. The Morgan fingerprint density at radius 1 is 1.37 bits per heavy atom. The van der Waals surface area contributed by atoms with Crippen molar-refractivity contribution in [3.05, 3.63) is 35.6 Å². The Morgan fingerprint density at radius 2 is 2.11 bits per heavy atom.